The van der Waals surface area contributed by atoms with Gasteiger partial charge in [-0.25, -0.2) is 14.6 Å². The molecule has 0 bridgehead atoms. The Balaban J connectivity index is 2.12. The number of hydrogen-bond donors (Lipinski definition) is 1. The van der Waals surface area contributed by atoms with Crippen LogP contribution >= 0.6 is 11.6 Å². The Kier molecular flexibility index (Phi) is 2.89. The third-order valence-corrected chi connectivity index (χ3v) is 3.78. The number of halogens is 1. The lowest BCUT2D eigenvalue weighted by atomic mass is 10.2. The van der Waals surface area contributed by atoms with Crippen molar-refractivity contribution in [2.24, 2.45) is 7.05 Å². The minimum absolute atomic E-state index is 0.0601. The predicted octanol–water partition coefficient (Wildman–Crippen LogP) is 0.708. The monoisotopic (exact) mass is 297 g/mol. The normalized spacial score (nSPS) is 18.9. The van der Waals surface area contributed by atoms with E-state index in [1.54, 1.807) is 7.05 Å². The summed E-state index contributed by atoms with van der Waals surface area (Å²) in [6, 6.07) is -0.228. The quantitative estimate of drug-likeness (QED) is 0.782. The number of likely N-dealkylation sites (tertiary alicyclic amines) is 1. The van der Waals surface area contributed by atoms with Crippen LogP contribution in [0, 0.1) is 0 Å². The summed E-state index contributed by atoms with van der Waals surface area (Å²) < 4.78 is 2.95. The first-order chi connectivity index (χ1) is 9.49. The fraction of sp³-hybridized carbons (Fsp3) is 0.455. The SMILES string of the molecule is Cn1c(=O)n([C@@H]2CCN(C(=O)O)C2)c2nc(Cl)ncc21. The van der Waals surface area contributed by atoms with E-state index >= 15 is 0 Å². The van der Waals surface area contributed by atoms with Crippen molar-refractivity contribution in [2.75, 3.05) is 13.1 Å². The maximum Gasteiger partial charge on any atom is 0.407 e. The summed E-state index contributed by atoms with van der Waals surface area (Å²) in [6.07, 6.45) is 1.09. The summed E-state index contributed by atoms with van der Waals surface area (Å²) in [7, 11) is 1.63. The topological polar surface area (TPSA) is 93.2 Å². The van der Waals surface area contributed by atoms with Gasteiger partial charge in [0.1, 0.15) is 5.52 Å². The Morgan fingerprint density at radius 3 is 2.95 bits per heavy atom. The molecule has 106 valence electrons. The van der Waals surface area contributed by atoms with Gasteiger partial charge in [0.25, 0.3) is 0 Å². The zero-order chi connectivity index (χ0) is 14.4. The van der Waals surface area contributed by atoms with E-state index in [1.165, 1.54) is 20.2 Å². The molecule has 8 nitrogen and oxygen atoms in total. The second-order valence-corrected chi connectivity index (χ2v) is 5.07. The van der Waals surface area contributed by atoms with Crippen LogP contribution in [-0.4, -0.2) is 48.3 Å². The number of imidazole rings is 1. The lowest BCUT2D eigenvalue weighted by Crippen LogP contribution is -2.30. The molecule has 0 radical (unpaired) electrons. The highest BCUT2D eigenvalue weighted by molar-refractivity contribution is 6.28. The van der Waals surface area contributed by atoms with Crippen molar-refractivity contribution in [3.05, 3.63) is 22.0 Å². The molecular weight excluding hydrogens is 286 g/mol. The standard InChI is InChI=1S/C11H12ClN5O3/c1-15-7-4-13-9(12)14-8(7)17(10(15)18)6-2-3-16(5-6)11(19)20/h4,6H,2-3,5H2,1H3,(H,19,20)/t6-/m1/s1. The Bertz CT molecular complexity index is 752. The van der Waals surface area contributed by atoms with Crippen LogP contribution in [0.4, 0.5) is 4.79 Å². The van der Waals surface area contributed by atoms with Gasteiger partial charge in [0.05, 0.1) is 12.2 Å². The largest absolute Gasteiger partial charge is 0.465 e. The summed E-state index contributed by atoms with van der Waals surface area (Å²) in [5.41, 5.74) is 0.775. The van der Waals surface area contributed by atoms with E-state index in [2.05, 4.69) is 9.97 Å². The van der Waals surface area contributed by atoms with Crippen molar-refractivity contribution < 1.29 is 9.90 Å². The molecule has 0 spiro atoms. The van der Waals surface area contributed by atoms with Crippen LogP contribution in [-0.2, 0) is 7.05 Å². The van der Waals surface area contributed by atoms with Crippen LogP contribution in [0.1, 0.15) is 12.5 Å². The van der Waals surface area contributed by atoms with Crippen LogP contribution in [0.15, 0.2) is 11.0 Å². The molecule has 9 heteroatoms. The van der Waals surface area contributed by atoms with Gasteiger partial charge in [0.2, 0.25) is 5.28 Å². The molecule has 0 saturated carbocycles. The van der Waals surface area contributed by atoms with Crippen LogP contribution in [0.25, 0.3) is 11.2 Å². The van der Waals surface area contributed by atoms with Crippen LogP contribution in [0.2, 0.25) is 5.28 Å². The third-order valence-electron chi connectivity index (χ3n) is 3.60. The maximum atomic E-state index is 12.3. The minimum atomic E-state index is -0.978. The fourth-order valence-electron chi connectivity index (χ4n) is 2.57. The average Bonchev–Trinajstić information content (AvgIpc) is 2.95. The third kappa shape index (κ3) is 1.83. The Hall–Kier alpha value is -2.09. The molecule has 2 aromatic rings. The van der Waals surface area contributed by atoms with E-state index < -0.39 is 6.09 Å². The summed E-state index contributed by atoms with van der Waals surface area (Å²) in [6.45, 7) is 0.678. The van der Waals surface area contributed by atoms with Gasteiger partial charge in [-0.3, -0.25) is 9.13 Å². The smallest absolute Gasteiger partial charge is 0.407 e. The first-order valence-electron chi connectivity index (χ1n) is 6.06. The average molecular weight is 298 g/mol. The van der Waals surface area contributed by atoms with E-state index in [-0.39, 0.29) is 23.6 Å². The van der Waals surface area contributed by atoms with E-state index in [9.17, 15) is 9.59 Å². The summed E-state index contributed by atoms with van der Waals surface area (Å²) in [5, 5.41) is 9.06. The highest BCUT2D eigenvalue weighted by Crippen LogP contribution is 2.24. The second-order valence-electron chi connectivity index (χ2n) is 4.73. The van der Waals surface area contributed by atoms with Gasteiger partial charge in [-0.15, -0.1) is 0 Å². The first kappa shape index (κ1) is 12.9. The van der Waals surface area contributed by atoms with Crippen molar-refractivity contribution in [1.29, 1.82) is 0 Å². The van der Waals surface area contributed by atoms with Crippen molar-refractivity contribution in [2.45, 2.75) is 12.5 Å². The van der Waals surface area contributed by atoms with E-state index in [0.29, 0.717) is 24.1 Å². The number of aryl methyl sites for hydroxylation is 1. The molecule has 20 heavy (non-hydrogen) atoms. The molecule has 1 saturated heterocycles. The number of carbonyl (C=O) groups is 1. The fourth-order valence-corrected chi connectivity index (χ4v) is 2.70. The lowest BCUT2D eigenvalue weighted by Gasteiger charge is -2.13. The first-order valence-corrected chi connectivity index (χ1v) is 6.44. The maximum absolute atomic E-state index is 12.3. The van der Waals surface area contributed by atoms with Gasteiger partial charge in [0, 0.05) is 20.1 Å². The summed E-state index contributed by atoms with van der Waals surface area (Å²) in [4.78, 5) is 32.5. The number of rotatable bonds is 1. The van der Waals surface area contributed by atoms with Crippen molar-refractivity contribution in [3.8, 4) is 0 Å². The summed E-state index contributed by atoms with van der Waals surface area (Å²) in [5.74, 6) is 0. The lowest BCUT2D eigenvalue weighted by molar-refractivity contribution is 0.154. The van der Waals surface area contributed by atoms with Gasteiger partial charge < -0.3 is 10.0 Å². The Labute approximate surface area is 118 Å². The number of amides is 1. The molecule has 1 fully saturated rings. The van der Waals surface area contributed by atoms with Crippen LogP contribution in [0.3, 0.4) is 0 Å². The molecule has 2 aromatic heterocycles. The molecule has 1 aliphatic rings. The van der Waals surface area contributed by atoms with Crippen molar-refractivity contribution >= 4 is 28.9 Å². The molecule has 1 atom stereocenters. The van der Waals surface area contributed by atoms with Crippen molar-refractivity contribution in [3.63, 3.8) is 0 Å². The molecule has 0 unspecified atom stereocenters. The van der Waals surface area contributed by atoms with Gasteiger partial charge >= 0.3 is 11.8 Å². The second kappa shape index (κ2) is 4.48. The molecule has 0 aliphatic carbocycles. The van der Waals surface area contributed by atoms with Gasteiger partial charge in [-0.1, -0.05) is 0 Å². The molecule has 3 rings (SSSR count). The highest BCUT2D eigenvalue weighted by Gasteiger charge is 2.30. The molecule has 1 amide bonds. The number of hydrogen-bond acceptors (Lipinski definition) is 4. The van der Waals surface area contributed by atoms with E-state index in [1.807, 2.05) is 0 Å². The van der Waals surface area contributed by atoms with Gasteiger partial charge in [-0.2, -0.15) is 4.98 Å². The van der Waals surface area contributed by atoms with Gasteiger partial charge in [0.15, 0.2) is 5.65 Å². The highest BCUT2D eigenvalue weighted by atomic mass is 35.5. The van der Waals surface area contributed by atoms with Gasteiger partial charge in [-0.05, 0) is 18.0 Å². The number of nitrogens with zero attached hydrogens (tertiary/aromatic N) is 5. The predicted molar refractivity (Wildman–Crippen MR) is 71.0 cm³/mol. The Morgan fingerprint density at radius 1 is 1.55 bits per heavy atom. The molecule has 0 aromatic carbocycles. The van der Waals surface area contributed by atoms with Crippen molar-refractivity contribution in [1.82, 2.24) is 24.0 Å². The Morgan fingerprint density at radius 2 is 2.30 bits per heavy atom. The number of aromatic nitrogens is 4. The van der Waals surface area contributed by atoms with Crippen LogP contribution in [0.5, 0.6) is 0 Å². The molecule has 3 heterocycles. The zero-order valence-corrected chi connectivity index (χ0v) is 11.4. The van der Waals surface area contributed by atoms with E-state index in [4.69, 9.17) is 16.7 Å². The van der Waals surface area contributed by atoms with E-state index in [0.717, 1.165) is 0 Å². The number of fused-ring (bicyclic) bond motifs is 1. The molecular formula is C11H12ClN5O3. The zero-order valence-electron chi connectivity index (χ0n) is 10.7. The molecule has 1 aliphatic heterocycles. The molecule has 1 N–H and O–H groups in total. The van der Waals surface area contributed by atoms with Crippen LogP contribution < -0.4 is 5.69 Å². The minimum Gasteiger partial charge on any atom is -0.465 e. The number of carboxylic acid groups (broad SMARTS) is 1. The summed E-state index contributed by atoms with van der Waals surface area (Å²) >= 11 is 5.79.